The summed E-state index contributed by atoms with van der Waals surface area (Å²) < 4.78 is 5.22. The molecule has 1 N–H and O–H groups in total. The molecule has 6 nitrogen and oxygen atoms in total. The zero-order chi connectivity index (χ0) is 20.1. The summed E-state index contributed by atoms with van der Waals surface area (Å²) in [6, 6.07) is 15.1. The first-order chi connectivity index (χ1) is 13.4. The van der Waals surface area contributed by atoms with E-state index < -0.39 is 12.1 Å². The van der Waals surface area contributed by atoms with Crippen LogP contribution in [0.5, 0.6) is 0 Å². The number of esters is 1. The van der Waals surface area contributed by atoms with Crippen molar-refractivity contribution >= 4 is 17.8 Å². The van der Waals surface area contributed by atoms with E-state index in [1.165, 1.54) is 5.56 Å². The van der Waals surface area contributed by atoms with Gasteiger partial charge in [0.05, 0.1) is 0 Å². The van der Waals surface area contributed by atoms with Gasteiger partial charge in [-0.05, 0) is 43.5 Å². The van der Waals surface area contributed by atoms with Crippen molar-refractivity contribution in [1.82, 2.24) is 10.2 Å². The normalized spacial score (nSPS) is 14.0. The molecular weight excluding hydrogens is 356 g/mol. The van der Waals surface area contributed by atoms with Gasteiger partial charge >= 0.3 is 5.97 Å². The van der Waals surface area contributed by atoms with Gasteiger partial charge in [-0.25, -0.2) is 0 Å². The van der Waals surface area contributed by atoms with Crippen LogP contribution < -0.4 is 5.32 Å². The van der Waals surface area contributed by atoms with Crippen LogP contribution in [0.25, 0.3) is 0 Å². The molecule has 0 aromatic heterocycles. The Morgan fingerprint density at radius 2 is 1.86 bits per heavy atom. The Kier molecular flexibility index (Phi) is 6.09. The largest absolute Gasteiger partial charge is 0.451 e. The monoisotopic (exact) mass is 380 g/mol. The van der Waals surface area contributed by atoms with Crippen LogP contribution in [-0.4, -0.2) is 41.9 Å². The van der Waals surface area contributed by atoms with Gasteiger partial charge in [0.1, 0.15) is 6.54 Å². The highest BCUT2D eigenvalue weighted by Crippen LogP contribution is 2.19. The van der Waals surface area contributed by atoms with Crippen LogP contribution >= 0.6 is 0 Å². The molecule has 3 rings (SSSR count). The van der Waals surface area contributed by atoms with Crippen molar-refractivity contribution in [2.75, 3.05) is 13.1 Å². The molecule has 1 heterocycles. The third-order valence-electron chi connectivity index (χ3n) is 4.77. The van der Waals surface area contributed by atoms with Crippen LogP contribution in [0.15, 0.2) is 48.5 Å². The minimum Gasteiger partial charge on any atom is -0.451 e. The topological polar surface area (TPSA) is 75.7 Å². The molecule has 0 saturated carbocycles. The number of fused-ring (bicyclic) bond motifs is 1. The Hall–Kier alpha value is -3.15. The van der Waals surface area contributed by atoms with Gasteiger partial charge in [0, 0.05) is 18.7 Å². The number of amides is 2. The van der Waals surface area contributed by atoms with Gasteiger partial charge in [-0.1, -0.05) is 42.0 Å². The Labute approximate surface area is 164 Å². The highest BCUT2D eigenvalue weighted by molar-refractivity contribution is 5.96. The fourth-order valence-corrected chi connectivity index (χ4v) is 3.27. The van der Waals surface area contributed by atoms with E-state index in [-0.39, 0.29) is 18.4 Å². The Balaban J connectivity index is 1.49. The zero-order valence-electron chi connectivity index (χ0n) is 16.1. The summed E-state index contributed by atoms with van der Waals surface area (Å²) in [6.45, 7) is 4.27. The van der Waals surface area contributed by atoms with Gasteiger partial charge in [-0.15, -0.1) is 0 Å². The van der Waals surface area contributed by atoms with E-state index in [4.69, 9.17) is 4.74 Å². The van der Waals surface area contributed by atoms with E-state index in [1.54, 1.807) is 30.0 Å². The molecule has 0 radical (unpaired) electrons. The molecule has 2 amide bonds. The molecule has 1 aliphatic rings. The van der Waals surface area contributed by atoms with Crippen molar-refractivity contribution < 1.29 is 19.1 Å². The summed E-state index contributed by atoms with van der Waals surface area (Å²) in [5, 5.41) is 2.52. The standard InChI is InChI=1S/C22H24N2O4/c1-15-6-5-9-18(12-15)21(26)23-13-20(25)28-16(2)22(27)24-11-10-17-7-3-4-8-19(17)14-24/h3-9,12,16H,10-11,13-14H2,1-2H3,(H,23,26)/t16-/m0/s1. The van der Waals surface area contributed by atoms with E-state index in [1.807, 2.05) is 31.2 Å². The maximum absolute atomic E-state index is 12.6. The second kappa shape index (κ2) is 8.69. The predicted octanol–water partition coefficient (Wildman–Crippen LogP) is 2.24. The molecule has 1 aliphatic heterocycles. The first-order valence-corrected chi connectivity index (χ1v) is 9.34. The average Bonchev–Trinajstić information content (AvgIpc) is 2.71. The minimum atomic E-state index is -0.895. The fourth-order valence-electron chi connectivity index (χ4n) is 3.27. The number of carbonyl (C=O) groups is 3. The third-order valence-corrected chi connectivity index (χ3v) is 4.77. The highest BCUT2D eigenvalue weighted by atomic mass is 16.5. The van der Waals surface area contributed by atoms with E-state index in [0.29, 0.717) is 18.7 Å². The number of nitrogens with one attached hydrogen (secondary N) is 1. The smallest absolute Gasteiger partial charge is 0.326 e. The van der Waals surface area contributed by atoms with Crippen molar-refractivity contribution in [3.05, 3.63) is 70.8 Å². The summed E-state index contributed by atoms with van der Waals surface area (Å²) >= 11 is 0. The van der Waals surface area contributed by atoms with Gasteiger partial charge in [0.25, 0.3) is 11.8 Å². The van der Waals surface area contributed by atoms with E-state index >= 15 is 0 Å². The molecule has 28 heavy (non-hydrogen) atoms. The molecule has 2 aromatic rings. The summed E-state index contributed by atoms with van der Waals surface area (Å²) in [6.07, 6.45) is -0.108. The Morgan fingerprint density at radius 3 is 2.61 bits per heavy atom. The lowest BCUT2D eigenvalue weighted by Crippen LogP contribution is -2.43. The summed E-state index contributed by atoms with van der Waals surface area (Å²) in [5.74, 6) is -1.22. The van der Waals surface area contributed by atoms with E-state index in [2.05, 4.69) is 11.4 Å². The van der Waals surface area contributed by atoms with Crippen molar-refractivity contribution in [1.29, 1.82) is 0 Å². The van der Waals surface area contributed by atoms with Crippen molar-refractivity contribution in [2.24, 2.45) is 0 Å². The first kappa shape index (κ1) is 19.6. The van der Waals surface area contributed by atoms with Crippen LogP contribution in [0.4, 0.5) is 0 Å². The van der Waals surface area contributed by atoms with Crippen LogP contribution in [0, 0.1) is 6.92 Å². The van der Waals surface area contributed by atoms with E-state index in [0.717, 1.165) is 17.5 Å². The Bertz CT molecular complexity index is 894. The number of ether oxygens (including phenoxy) is 1. The molecule has 0 saturated heterocycles. The maximum Gasteiger partial charge on any atom is 0.326 e. The number of benzene rings is 2. The van der Waals surface area contributed by atoms with Gasteiger partial charge < -0.3 is 15.0 Å². The number of carbonyl (C=O) groups excluding carboxylic acids is 3. The highest BCUT2D eigenvalue weighted by Gasteiger charge is 2.27. The lowest BCUT2D eigenvalue weighted by atomic mass is 9.99. The number of hydrogen-bond donors (Lipinski definition) is 1. The SMILES string of the molecule is Cc1cccc(C(=O)NCC(=O)O[C@@H](C)C(=O)N2CCc3ccccc3C2)c1. The molecule has 2 aromatic carbocycles. The van der Waals surface area contributed by atoms with Crippen LogP contribution in [-0.2, 0) is 27.3 Å². The average molecular weight is 380 g/mol. The molecule has 0 aliphatic carbocycles. The van der Waals surface area contributed by atoms with Gasteiger partial charge in [0.15, 0.2) is 6.10 Å². The quantitative estimate of drug-likeness (QED) is 0.808. The second-order valence-electron chi connectivity index (χ2n) is 6.96. The van der Waals surface area contributed by atoms with Crippen molar-refractivity contribution in [2.45, 2.75) is 32.9 Å². The van der Waals surface area contributed by atoms with Gasteiger partial charge in [0.2, 0.25) is 0 Å². The molecule has 0 bridgehead atoms. The first-order valence-electron chi connectivity index (χ1n) is 9.34. The number of aryl methyl sites for hydroxylation is 1. The maximum atomic E-state index is 12.6. The van der Waals surface area contributed by atoms with Gasteiger partial charge in [-0.3, -0.25) is 14.4 Å². The van der Waals surface area contributed by atoms with Gasteiger partial charge in [-0.2, -0.15) is 0 Å². The lowest BCUT2D eigenvalue weighted by Gasteiger charge is -2.30. The molecule has 6 heteroatoms. The lowest BCUT2D eigenvalue weighted by molar-refractivity contribution is -0.158. The van der Waals surface area contributed by atoms with Crippen LogP contribution in [0.1, 0.15) is 34.0 Å². The molecular formula is C22H24N2O4. The molecule has 0 spiro atoms. The Morgan fingerprint density at radius 1 is 1.11 bits per heavy atom. The number of rotatable bonds is 5. The second-order valence-corrected chi connectivity index (χ2v) is 6.96. The van der Waals surface area contributed by atoms with Crippen LogP contribution in [0.3, 0.4) is 0 Å². The molecule has 0 unspecified atom stereocenters. The van der Waals surface area contributed by atoms with E-state index in [9.17, 15) is 14.4 Å². The van der Waals surface area contributed by atoms with Crippen molar-refractivity contribution in [3.8, 4) is 0 Å². The van der Waals surface area contributed by atoms with Crippen molar-refractivity contribution in [3.63, 3.8) is 0 Å². The summed E-state index contributed by atoms with van der Waals surface area (Å²) in [5.41, 5.74) is 3.79. The van der Waals surface area contributed by atoms with Crippen LogP contribution in [0.2, 0.25) is 0 Å². The predicted molar refractivity (Wildman–Crippen MR) is 105 cm³/mol. The number of nitrogens with zero attached hydrogens (tertiary/aromatic N) is 1. The fraction of sp³-hybridized carbons (Fsp3) is 0.318. The third kappa shape index (κ3) is 4.76. The zero-order valence-corrected chi connectivity index (χ0v) is 16.1. The summed E-state index contributed by atoms with van der Waals surface area (Å²) in [7, 11) is 0. The minimum absolute atomic E-state index is 0.229. The molecule has 146 valence electrons. The molecule has 1 atom stereocenters. The summed E-state index contributed by atoms with van der Waals surface area (Å²) in [4.78, 5) is 38.4. The molecule has 0 fully saturated rings. The number of hydrogen-bond acceptors (Lipinski definition) is 4.